The molecule has 1 unspecified atom stereocenters. The molecule has 2 aromatic rings. The standard InChI is InChI=1S/C17H19ClFNO/c1-3-21-17-7-5-4-6-13(17)16(20-2)11-12-8-9-15(19)14(18)10-12/h4-10,16,20H,3,11H2,1-2H3. The molecule has 0 bridgehead atoms. The first-order valence-electron chi connectivity index (χ1n) is 6.98. The van der Waals surface area contributed by atoms with Gasteiger partial charge in [-0.15, -0.1) is 0 Å². The summed E-state index contributed by atoms with van der Waals surface area (Å²) >= 11 is 5.85. The molecule has 1 N–H and O–H groups in total. The van der Waals surface area contributed by atoms with E-state index >= 15 is 0 Å². The van der Waals surface area contributed by atoms with E-state index in [0.29, 0.717) is 13.0 Å². The maximum atomic E-state index is 13.2. The fourth-order valence-corrected chi connectivity index (χ4v) is 2.53. The van der Waals surface area contributed by atoms with Crippen LogP contribution in [-0.2, 0) is 6.42 Å². The molecule has 112 valence electrons. The molecule has 0 saturated heterocycles. The fourth-order valence-electron chi connectivity index (χ4n) is 2.33. The summed E-state index contributed by atoms with van der Waals surface area (Å²) in [6, 6.07) is 12.8. The zero-order valence-electron chi connectivity index (χ0n) is 12.2. The van der Waals surface area contributed by atoms with Crippen LogP contribution in [0, 0.1) is 5.82 Å². The highest BCUT2D eigenvalue weighted by Crippen LogP contribution is 2.28. The fraction of sp³-hybridized carbons (Fsp3) is 0.294. The number of para-hydroxylation sites is 1. The summed E-state index contributed by atoms with van der Waals surface area (Å²) in [5, 5.41) is 3.44. The summed E-state index contributed by atoms with van der Waals surface area (Å²) in [4.78, 5) is 0. The Kier molecular flexibility index (Phi) is 5.59. The van der Waals surface area contributed by atoms with Gasteiger partial charge in [-0.1, -0.05) is 35.9 Å². The Morgan fingerprint density at radius 3 is 2.67 bits per heavy atom. The second-order valence-electron chi connectivity index (χ2n) is 4.76. The summed E-state index contributed by atoms with van der Waals surface area (Å²) in [6.45, 7) is 2.58. The van der Waals surface area contributed by atoms with Gasteiger partial charge in [0.1, 0.15) is 11.6 Å². The summed E-state index contributed by atoms with van der Waals surface area (Å²) in [7, 11) is 1.90. The third kappa shape index (κ3) is 3.96. The Labute approximate surface area is 129 Å². The van der Waals surface area contributed by atoms with Crippen LogP contribution >= 0.6 is 11.6 Å². The average molecular weight is 308 g/mol. The highest BCUT2D eigenvalue weighted by Gasteiger charge is 2.15. The summed E-state index contributed by atoms with van der Waals surface area (Å²) < 4.78 is 18.9. The second-order valence-corrected chi connectivity index (χ2v) is 5.17. The smallest absolute Gasteiger partial charge is 0.141 e. The van der Waals surface area contributed by atoms with E-state index in [-0.39, 0.29) is 11.1 Å². The van der Waals surface area contributed by atoms with Crippen LogP contribution < -0.4 is 10.1 Å². The molecular formula is C17H19ClFNO. The number of ether oxygens (including phenoxy) is 1. The SMILES string of the molecule is CCOc1ccccc1C(Cc1ccc(F)c(Cl)c1)NC. The molecule has 4 heteroatoms. The molecule has 2 nitrogen and oxygen atoms in total. The van der Waals surface area contributed by atoms with Crippen molar-refractivity contribution in [1.82, 2.24) is 5.32 Å². The van der Waals surface area contributed by atoms with Crippen molar-refractivity contribution in [3.05, 3.63) is 64.4 Å². The Bertz CT molecular complexity index is 603. The molecule has 0 heterocycles. The lowest BCUT2D eigenvalue weighted by Crippen LogP contribution is -2.19. The van der Waals surface area contributed by atoms with E-state index in [1.807, 2.05) is 38.2 Å². The molecule has 1 atom stereocenters. The van der Waals surface area contributed by atoms with Crippen molar-refractivity contribution in [3.63, 3.8) is 0 Å². The van der Waals surface area contributed by atoms with Gasteiger partial charge in [-0.2, -0.15) is 0 Å². The lowest BCUT2D eigenvalue weighted by atomic mass is 9.98. The van der Waals surface area contributed by atoms with Crippen molar-refractivity contribution in [3.8, 4) is 5.75 Å². The maximum absolute atomic E-state index is 13.2. The molecule has 2 aromatic carbocycles. The Hall–Kier alpha value is -1.58. The monoisotopic (exact) mass is 307 g/mol. The third-order valence-corrected chi connectivity index (χ3v) is 3.66. The minimum atomic E-state index is -0.392. The predicted octanol–water partition coefficient (Wildman–Crippen LogP) is 4.38. The molecule has 0 amide bonds. The van der Waals surface area contributed by atoms with E-state index in [4.69, 9.17) is 16.3 Å². The molecule has 0 aliphatic rings. The number of hydrogen-bond acceptors (Lipinski definition) is 2. The van der Waals surface area contributed by atoms with Crippen LogP contribution in [0.3, 0.4) is 0 Å². The summed E-state index contributed by atoms with van der Waals surface area (Å²) in [6.07, 6.45) is 0.709. The number of likely N-dealkylation sites (N-methyl/N-ethyl adjacent to an activating group) is 1. The lowest BCUT2D eigenvalue weighted by molar-refractivity contribution is 0.332. The minimum absolute atomic E-state index is 0.0780. The Morgan fingerprint density at radius 2 is 2.00 bits per heavy atom. The number of halogens is 2. The van der Waals surface area contributed by atoms with Crippen molar-refractivity contribution in [2.24, 2.45) is 0 Å². The molecule has 2 rings (SSSR count). The van der Waals surface area contributed by atoms with E-state index in [1.54, 1.807) is 12.1 Å². The zero-order chi connectivity index (χ0) is 15.2. The van der Waals surface area contributed by atoms with Crippen LogP contribution in [0.1, 0.15) is 24.1 Å². The molecule has 21 heavy (non-hydrogen) atoms. The van der Waals surface area contributed by atoms with Crippen LogP contribution in [0.4, 0.5) is 4.39 Å². The highest BCUT2D eigenvalue weighted by molar-refractivity contribution is 6.30. The van der Waals surface area contributed by atoms with Gasteiger partial charge in [0.2, 0.25) is 0 Å². The first-order valence-corrected chi connectivity index (χ1v) is 7.36. The second kappa shape index (κ2) is 7.43. The molecule has 0 aliphatic carbocycles. The predicted molar refractivity (Wildman–Crippen MR) is 84.5 cm³/mol. The van der Waals surface area contributed by atoms with Gasteiger partial charge >= 0.3 is 0 Å². The van der Waals surface area contributed by atoms with Gasteiger partial charge < -0.3 is 10.1 Å². The van der Waals surface area contributed by atoms with Crippen molar-refractivity contribution < 1.29 is 9.13 Å². The van der Waals surface area contributed by atoms with Gasteiger partial charge in [0.25, 0.3) is 0 Å². The van der Waals surface area contributed by atoms with Gasteiger partial charge in [-0.05, 0) is 44.2 Å². The number of rotatable bonds is 6. The largest absolute Gasteiger partial charge is 0.494 e. The normalized spacial score (nSPS) is 12.2. The zero-order valence-corrected chi connectivity index (χ0v) is 13.0. The summed E-state index contributed by atoms with van der Waals surface area (Å²) in [5.74, 6) is 0.476. The van der Waals surface area contributed by atoms with Crippen molar-refractivity contribution in [2.75, 3.05) is 13.7 Å². The topological polar surface area (TPSA) is 21.3 Å². The number of nitrogens with one attached hydrogen (secondary N) is 1. The van der Waals surface area contributed by atoms with Gasteiger partial charge in [-0.25, -0.2) is 4.39 Å². The number of hydrogen-bond donors (Lipinski definition) is 1. The van der Waals surface area contributed by atoms with Crippen LogP contribution in [0.5, 0.6) is 5.75 Å². The molecule has 0 radical (unpaired) electrons. The first-order chi connectivity index (χ1) is 10.2. The quantitative estimate of drug-likeness (QED) is 0.855. The van der Waals surface area contributed by atoms with Crippen LogP contribution in [0.15, 0.2) is 42.5 Å². The van der Waals surface area contributed by atoms with Gasteiger partial charge in [0, 0.05) is 11.6 Å². The number of benzene rings is 2. The maximum Gasteiger partial charge on any atom is 0.141 e. The molecule has 0 spiro atoms. The molecule has 0 aliphatic heterocycles. The van der Waals surface area contributed by atoms with Crippen LogP contribution in [0.2, 0.25) is 5.02 Å². The third-order valence-electron chi connectivity index (χ3n) is 3.37. The van der Waals surface area contributed by atoms with Crippen molar-refractivity contribution in [1.29, 1.82) is 0 Å². The van der Waals surface area contributed by atoms with E-state index in [9.17, 15) is 4.39 Å². The average Bonchev–Trinajstić information content (AvgIpc) is 2.49. The van der Waals surface area contributed by atoms with Gasteiger partial charge in [0.15, 0.2) is 0 Å². The Morgan fingerprint density at radius 1 is 1.24 bits per heavy atom. The highest BCUT2D eigenvalue weighted by atomic mass is 35.5. The van der Waals surface area contributed by atoms with Crippen LogP contribution in [-0.4, -0.2) is 13.7 Å². The molecule has 0 saturated carbocycles. The first kappa shape index (κ1) is 15.8. The molecule has 0 fully saturated rings. The minimum Gasteiger partial charge on any atom is -0.494 e. The molecule has 0 aromatic heterocycles. The van der Waals surface area contributed by atoms with Crippen molar-refractivity contribution >= 4 is 11.6 Å². The summed E-state index contributed by atoms with van der Waals surface area (Å²) in [5.41, 5.74) is 2.06. The lowest BCUT2D eigenvalue weighted by Gasteiger charge is -2.20. The van der Waals surface area contributed by atoms with Gasteiger partial charge in [-0.3, -0.25) is 0 Å². The van der Waals surface area contributed by atoms with E-state index in [2.05, 4.69) is 5.32 Å². The van der Waals surface area contributed by atoms with Gasteiger partial charge in [0.05, 0.1) is 11.6 Å². The van der Waals surface area contributed by atoms with Crippen molar-refractivity contribution in [2.45, 2.75) is 19.4 Å². The molecular weight excluding hydrogens is 289 g/mol. The van der Waals surface area contributed by atoms with E-state index < -0.39 is 5.82 Å². The van der Waals surface area contributed by atoms with Crippen LogP contribution in [0.25, 0.3) is 0 Å². The van der Waals surface area contributed by atoms with E-state index in [0.717, 1.165) is 16.9 Å². The Balaban J connectivity index is 2.25. The van der Waals surface area contributed by atoms with E-state index in [1.165, 1.54) is 6.07 Å².